The van der Waals surface area contributed by atoms with Gasteiger partial charge >= 0.3 is 5.97 Å². The Bertz CT molecular complexity index is 77.5. The minimum atomic E-state index is -1.23. The summed E-state index contributed by atoms with van der Waals surface area (Å²) in [6, 6.07) is 0. The standard InChI is InChI=1S/C2H6N2O2.CHO.Ni/c3-1(4)2(5)6;1-2;/h1H,3-4H2,(H,5,6);1H;/q;-1;. The van der Waals surface area contributed by atoms with Crippen LogP contribution in [0.25, 0.3) is 0 Å². The van der Waals surface area contributed by atoms with Gasteiger partial charge in [0.1, 0.15) is 0 Å². The number of carboxylic acids is 1. The number of nitrogens with two attached hydrogens (primary N) is 2. The van der Waals surface area contributed by atoms with E-state index in [2.05, 4.69) is 18.3 Å². The first-order valence-corrected chi connectivity index (χ1v) is 1.62. The fourth-order valence-corrected chi connectivity index (χ4v) is 0. The second-order valence-electron chi connectivity index (χ2n) is 0.864. The Balaban J connectivity index is -0.000000109. The van der Waals surface area contributed by atoms with Crippen molar-refractivity contribution in [2.24, 2.45) is 11.5 Å². The molecule has 0 aromatic rings. The van der Waals surface area contributed by atoms with Gasteiger partial charge in [0, 0.05) is 16.5 Å². The van der Waals surface area contributed by atoms with Crippen LogP contribution in [-0.2, 0) is 26.1 Å². The van der Waals surface area contributed by atoms with Crippen molar-refractivity contribution >= 4 is 12.8 Å². The Kier molecular flexibility index (Phi) is 18.5. The van der Waals surface area contributed by atoms with Crippen LogP contribution >= 0.6 is 0 Å². The molecule has 0 unspecified atom stereocenters. The fourth-order valence-electron chi connectivity index (χ4n) is 0. The Morgan fingerprint density at radius 1 is 1.44 bits per heavy atom. The maximum Gasteiger partial charge on any atom is 0.335 e. The van der Waals surface area contributed by atoms with Gasteiger partial charge in [0.2, 0.25) is 0 Å². The zero-order chi connectivity index (χ0) is 7.15. The topological polar surface area (TPSA) is 106 Å². The molecule has 0 aliphatic rings. The van der Waals surface area contributed by atoms with Crippen LogP contribution in [-0.4, -0.2) is 24.0 Å². The predicted octanol–water partition coefficient (Wildman–Crippen LogP) is -1.96. The molecule has 0 spiro atoms. The second-order valence-corrected chi connectivity index (χ2v) is 0.864. The third kappa shape index (κ3) is 18.4. The number of carbonyl (C=O) groups excluding carboxylic acids is 1. The summed E-state index contributed by atoms with van der Waals surface area (Å²) in [6.45, 7) is 3.25. The van der Waals surface area contributed by atoms with Crippen LogP contribution in [0.5, 0.6) is 0 Å². The minimum Gasteiger partial charge on any atom is -0.545 e. The first-order chi connectivity index (χ1) is 3.64. The molecule has 0 amide bonds. The molecule has 0 bridgehead atoms. The molecule has 0 rings (SSSR count). The molecule has 9 heavy (non-hydrogen) atoms. The first kappa shape index (κ1) is 15.8. The molecule has 6 heteroatoms. The molecule has 0 saturated heterocycles. The van der Waals surface area contributed by atoms with Crippen LogP contribution < -0.4 is 11.5 Å². The molecule has 0 aromatic heterocycles. The molecule has 0 heterocycles. The number of aliphatic carboxylic acids is 1. The smallest absolute Gasteiger partial charge is 0.335 e. The van der Waals surface area contributed by atoms with Gasteiger partial charge in [-0.2, -0.15) is 0 Å². The van der Waals surface area contributed by atoms with E-state index in [1.54, 1.807) is 0 Å². The van der Waals surface area contributed by atoms with E-state index in [1.807, 2.05) is 0 Å². The Morgan fingerprint density at radius 2 is 1.56 bits per heavy atom. The van der Waals surface area contributed by atoms with E-state index < -0.39 is 12.1 Å². The number of carboxylic acid groups (broad SMARTS) is 1. The van der Waals surface area contributed by atoms with Crippen LogP contribution in [0.3, 0.4) is 0 Å². The quantitative estimate of drug-likeness (QED) is 0.187. The number of carbonyl (C=O) groups is 1. The summed E-state index contributed by atoms with van der Waals surface area (Å²) in [5.41, 5.74) is 9.23. The summed E-state index contributed by atoms with van der Waals surface area (Å²) in [4.78, 5) is 17.2. The summed E-state index contributed by atoms with van der Waals surface area (Å²) in [5.74, 6) is -1.19. The van der Waals surface area contributed by atoms with Gasteiger partial charge in [0.25, 0.3) is 0 Å². The molecule has 0 saturated carbocycles. The van der Waals surface area contributed by atoms with E-state index >= 15 is 0 Å². The predicted molar refractivity (Wildman–Crippen MR) is 26.5 cm³/mol. The van der Waals surface area contributed by atoms with Crippen LogP contribution in [0.4, 0.5) is 0 Å². The van der Waals surface area contributed by atoms with Crippen molar-refractivity contribution in [1.82, 2.24) is 0 Å². The SMILES string of the molecule is NC(N)C(=O)O.[CH-]=O.[Ni]. The van der Waals surface area contributed by atoms with Gasteiger partial charge in [-0.1, -0.05) is 0 Å². The minimum absolute atomic E-state index is 0. The van der Waals surface area contributed by atoms with Gasteiger partial charge in [-0.15, -0.1) is 0 Å². The summed E-state index contributed by atoms with van der Waals surface area (Å²) in [5, 5.41) is 7.74. The Morgan fingerprint density at radius 3 is 1.56 bits per heavy atom. The molecule has 58 valence electrons. The maximum absolute atomic E-state index is 9.45. The number of hydrogen-bond donors (Lipinski definition) is 3. The van der Waals surface area contributed by atoms with Gasteiger partial charge in [-0.25, -0.2) is 4.79 Å². The molecule has 0 aliphatic heterocycles. The summed E-state index contributed by atoms with van der Waals surface area (Å²) in [6.07, 6.45) is -1.23. The van der Waals surface area contributed by atoms with E-state index in [9.17, 15) is 4.79 Å². The van der Waals surface area contributed by atoms with E-state index in [4.69, 9.17) is 9.90 Å². The Labute approximate surface area is 62.3 Å². The largest absolute Gasteiger partial charge is 0.545 e. The van der Waals surface area contributed by atoms with Crippen molar-refractivity contribution in [3.8, 4) is 0 Å². The van der Waals surface area contributed by atoms with E-state index in [-0.39, 0.29) is 16.5 Å². The second kappa shape index (κ2) is 10.5. The molecule has 0 fully saturated rings. The van der Waals surface area contributed by atoms with Crippen molar-refractivity contribution in [2.45, 2.75) is 6.17 Å². The van der Waals surface area contributed by atoms with E-state index in [0.717, 1.165) is 0 Å². The van der Waals surface area contributed by atoms with Crippen LogP contribution in [0.2, 0.25) is 0 Å². The van der Waals surface area contributed by atoms with Crippen molar-refractivity contribution in [3.63, 3.8) is 0 Å². The first-order valence-electron chi connectivity index (χ1n) is 1.62. The maximum atomic E-state index is 9.45. The molecular weight excluding hydrogens is 171 g/mol. The zero-order valence-electron chi connectivity index (χ0n) is 4.39. The third-order valence-electron chi connectivity index (χ3n) is 0.285. The number of hydrogen-bond acceptors (Lipinski definition) is 4. The van der Waals surface area contributed by atoms with Crippen molar-refractivity contribution in [3.05, 3.63) is 0 Å². The fraction of sp³-hybridized carbons (Fsp3) is 0.333. The average molecular weight is 178 g/mol. The summed E-state index contributed by atoms with van der Waals surface area (Å²) < 4.78 is 0. The molecule has 0 atom stereocenters. The molecule has 5 N–H and O–H groups in total. The Hall–Kier alpha value is -0.446. The van der Waals surface area contributed by atoms with E-state index in [1.165, 1.54) is 0 Å². The molecule has 5 nitrogen and oxygen atoms in total. The van der Waals surface area contributed by atoms with Crippen molar-refractivity contribution in [1.29, 1.82) is 0 Å². The van der Waals surface area contributed by atoms with E-state index in [0.29, 0.717) is 0 Å². The molecule has 0 radical (unpaired) electrons. The molecular formula is C3H7N2NiO3-. The van der Waals surface area contributed by atoms with Crippen molar-refractivity contribution < 1.29 is 31.2 Å². The average Bonchev–Trinajstić information content (AvgIpc) is 1.72. The van der Waals surface area contributed by atoms with Crippen LogP contribution in [0.1, 0.15) is 0 Å². The van der Waals surface area contributed by atoms with Gasteiger partial charge < -0.3 is 21.4 Å². The summed E-state index contributed by atoms with van der Waals surface area (Å²) in [7, 11) is 0. The molecule has 0 aliphatic carbocycles. The van der Waals surface area contributed by atoms with Gasteiger partial charge in [-0.05, 0) is 0 Å². The number of rotatable bonds is 1. The normalized spacial score (nSPS) is 6.56. The van der Waals surface area contributed by atoms with Gasteiger partial charge in [0.05, 0.1) is 0 Å². The van der Waals surface area contributed by atoms with Crippen molar-refractivity contribution in [2.75, 3.05) is 0 Å². The molecule has 0 aromatic carbocycles. The summed E-state index contributed by atoms with van der Waals surface area (Å²) >= 11 is 0. The zero-order valence-corrected chi connectivity index (χ0v) is 5.38. The monoisotopic (exact) mass is 177 g/mol. The third-order valence-corrected chi connectivity index (χ3v) is 0.285. The van der Waals surface area contributed by atoms with Crippen LogP contribution in [0.15, 0.2) is 0 Å². The van der Waals surface area contributed by atoms with Gasteiger partial charge in [-0.3, -0.25) is 6.79 Å². The van der Waals surface area contributed by atoms with Crippen LogP contribution in [0, 0.1) is 0 Å². The van der Waals surface area contributed by atoms with Gasteiger partial charge in [0.15, 0.2) is 6.17 Å².